The van der Waals surface area contributed by atoms with Crippen LogP contribution in [0.2, 0.25) is 5.02 Å². The van der Waals surface area contributed by atoms with Gasteiger partial charge in [-0.25, -0.2) is 0 Å². The Labute approximate surface area is 110 Å². The van der Waals surface area contributed by atoms with Crippen molar-refractivity contribution < 1.29 is 0 Å². The predicted molar refractivity (Wildman–Crippen MR) is 76.4 cm³/mol. The van der Waals surface area contributed by atoms with Gasteiger partial charge in [-0.1, -0.05) is 38.4 Å². The molecule has 0 heterocycles. The molecule has 0 aromatic heterocycles. The van der Waals surface area contributed by atoms with Crippen LogP contribution in [-0.4, -0.2) is 0 Å². The number of hydrogen-bond donors (Lipinski definition) is 1. The maximum atomic E-state index is 6.28. The molecule has 0 saturated heterocycles. The third-order valence-corrected chi connectivity index (χ3v) is 3.40. The average Bonchev–Trinajstić information content (AvgIpc) is 2.15. The topological polar surface area (TPSA) is 26.0 Å². The third kappa shape index (κ3) is 4.69. The zero-order valence-corrected chi connectivity index (χ0v) is 12.1. The van der Waals surface area contributed by atoms with Crippen molar-refractivity contribution in [3.63, 3.8) is 0 Å². The van der Waals surface area contributed by atoms with E-state index < -0.39 is 0 Å². The number of hydrogen-bond acceptors (Lipinski definition) is 1. The summed E-state index contributed by atoms with van der Waals surface area (Å²) < 4.78 is 0. The van der Waals surface area contributed by atoms with E-state index in [-0.39, 0.29) is 6.04 Å². The summed E-state index contributed by atoms with van der Waals surface area (Å²) in [5.74, 6) is 1.41. The van der Waals surface area contributed by atoms with E-state index in [1.54, 1.807) is 0 Å². The van der Waals surface area contributed by atoms with Crippen LogP contribution in [0.1, 0.15) is 50.8 Å². The summed E-state index contributed by atoms with van der Waals surface area (Å²) in [6.45, 7) is 8.88. The van der Waals surface area contributed by atoms with Gasteiger partial charge in [0.2, 0.25) is 0 Å². The first-order valence-corrected chi connectivity index (χ1v) is 6.79. The Bertz CT molecular complexity index is 360. The lowest BCUT2D eigenvalue weighted by Gasteiger charge is -2.20. The van der Waals surface area contributed by atoms with E-state index in [1.165, 1.54) is 17.5 Å². The Morgan fingerprint density at radius 3 is 2.35 bits per heavy atom. The van der Waals surface area contributed by atoms with Crippen LogP contribution in [0, 0.1) is 18.8 Å². The first kappa shape index (κ1) is 14.5. The summed E-state index contributed by atoms with van der Waals surface area (Å²) in [5.41, 5.74) is 8.70. The van der Waals surface area contributed by atoms with E-state index >= 15 is 0 Å². The minimum absolute atomic E-state index is 0.126. The molecule has 17 heavy (non-hydrogen) atoms. The molecule has 0 aliphatic heterocycles. The van der Waals surface area contributed by atoms with Gasteiger partial charge >= 0.3 is 0 Å². The van der Waals surface area contributed by atoms with Crippen molar-refractivity contribution >= 4 is 11.6 Å². The molecular formula is C15H24ClN. The molecule has 0 aliphatic rings. The fourth-order valence-corrected chi connectivity index (χ4v) is 2.74. The monoisotopic (exact) mass is 253 g/mol. The second kappa shape index (κ2) is 6.42. The highest BCUT2D eigenvalue weighted by atomic mass is 35.5. The Balaban J connectivity index is 2.66. The zero-order chi connectivity index (χ0) is 13.0. The van der Waals surface area contributed by atoms with Gasteiger partial charge in [-0.3, -0.25) is 0 Å². The summed E-state index contributed by atoms with van der Waals surface area (Å²) in [6.07, 6.45) is 2.28. The fraction of sp³-hybridized carbons (Fsp3) is 0.600. The van der Waals surface area contributed by atoms with E-state index in [1.807, 2.05) is 12.1 Å². The number of benzene rings is 1. The predicted octanol–water partition coefficient (Wildman–Crippen LogP) is 4.72. The first-order valence-electron chi connectivity index (χ1n) is 6.41. The molecule has 96 valence electrons. The SMILES string of the molecule is Cc1cc(Cl)ccc1C(N)CC(C)CC(C)C. The van der Waals surface area contributed by atoms with Crippen molar-refractivity contribution in [2.75, 3.05) is 0 Å². The van der Waals surface area contributed by atoms with E-state index in [4.69, 9.17) is 17.3 Å². The standard InChI is InChI=1S/C15H24ClN/c1-10(2)7-11(3)8-15(17)14-6-5-13(16)9-12(14)4/h5-6,9-11,15H,7-8,17H2,1-4H3. The molecule has 0 radical (unpaired) electrons. The van der Waals surface area contributed by atoms with Crippen molar-refractivity contribution in [1.29, 1.82) is 0 Å². The Hall–Kier alpha value is -0.530. The van der Waals surface area contributed by atoms with Crippen molar-refractivity contribution in [1.82, 2.24) is 0 Å². The Morgan fingerprint density at radius 2 is 1.82 bits per heavy atom. The molecule has 1 aromatic carbocycles. The Kier molecular flexibility index (Phi) is 5.48. The molecule has 0 saturated carbocycles. The number of rotatable bonds is 5. The molecule has 0 bridgehead atoms. The van der Waals surface area contributed by atoms with Crippen molar-refractivity contribution in [2.24, 2.45) is 17.6 Å². The maximum Gasteiger partial charge on any atom is 0.0408 e. The molecule has 2 unspecified atom stereocenters. The molecule has 0 spiro atoms. The van der Waals surface area contributed by atoms with Gasteiger partial charge < -0.3 is 5.73 Å². The van der Waals surface area contributed by atoms with Crippen LogP contribution >= 0.6 is 11.6 Å². The maximum absolute atomic E-state index is 6.28. The quantitative estimate of drug-likeness (QED) is 0.807. The molecule has 1 aromatic rings. The second-order valence-corrected chi connectivity index (χ2v) is 6.01. The largest absolute Gasteiger partial charge is 0.324 e. The molecule has 0 amide bonds. The highest BCUT2D eigenvalue weighted by molar-refractivity contribution is 6.30. The highest BCUT2D eigenvalue weighted by Crippen LogP contribution is 2.26. The van der Waals surface area contributed by atoms with Gasteiger partial charge in [-0.15, -0.1) is 0 Å². The zero-order valence-electron chi connectivity index (χ0n) is 11.3. The third-order valence-electron chi connectivity index (χ3n) is 3.16. The molecule has 2 heteroatoms. The molecule has 0 fully saturated rings. The van der Waals surface area contributed by atoms with Gasteiger partial charge in [0, 0.05) is 11.1 Å². The molecule has 1 nitrogen and oxygen atoms in total. The summed E-state index contributed by atoms with van der Waals surface area (Å²) in [7, 11) is 0. The summed E-state index contributed by atoms with van der Waals surface area (Å²) >= 11 is 5.96. The van der Waals surface area contributed by atoms with E-state index in [0.717, 1.165) is 17.4 Å². The van der Waals surface area contributed by atoms with Gasteiger partial charge in [0.15, 0.2) is 0 Å². The van der Waals surface area contributed by atoms with E-state index in [0.29, 0.717) is 5.92 Å². The molecule has 2 atom stereocenters. The number of nitrogens with two attached hydrogens (primary N) is 1. The van der Waals surface area contributed by atoms with Crippen molar-refractivity contribution in [3.8, 4) is 0 Å². The smallest absolute Gasteiger partial charge is 0.0408 e. The van der Waals surface area contributed by atoms with Crippen LogP contribution in [0.25, 0.3) is 0 Å². The van der Waals surface area contributed by atoms with Gasteiger partial charge in [0.1, 0.15) is 0 Å². The molecule has 1 rings (SSSR count). The first-order chi connectivity index (χ1) is 7.90. The number of halogens is 1. The van der Waals surface area contributed by atoms with Gasteiger partial charge in [-0.2, -0.15) is 0 Å². The minimum Gasteiger partial charge on any atom is -0.324 e. The van der Waals surface area contributed by atoms with Crippen LogP contribution in [-0.2, 0) is 0 Å². The molecule has 2 N–H and O–H groups in total. The molecule has 0 aliphatic carbocycles. The highest BCUT2D eigenvalue weighted by Gasteiger charge is 2.14. The van der Waals surface area contributed by atoms with Crippen LogP contribution in [0.3, 0.4) is 0 Å². The van der Waals surface area contributed by atoms with Crippen LogP contribution in [0.4, 0.5) is 0 Å². The normalized spacial score (nSPS) is 15.0. The average molecular weight is 254 g/mol. The van der Waals surface area contributed by atoms with Crippen LogP contribution < -0.4 is 5.73 Å². The van der Waals surface area contributed by atoms with Crippen molar-refractivity contribution in [3.05, 3.63) is 34.3 Å². The second-order valence-electron chi connectivity index (χ2n) is 5.58. The lowest BCUT2D eigenvalue weighted by atomic mass is 9.89. The van der Waals surface area contributed by atoms with Crippen molar-refractivity contribution in [2.45, 2.75) is 46.6 Å². The van der Waals surface area contributed by atoms with E-state index in [2.05, 4.69) is 33.8 Å². The van der Waals surface area contributed by atoms with Crippen LogP contribution in [0.5, 0.6) is 0 Å². The van der Waals surface area contributed by atoms with Gasteiger partial charge in [0.25, 0.3) is 0 Å². The van der Waals surface area contributed by atoms with Crippen LogP contribution in [0.15, 0.2) is 18.2 Å². The Morgan fingerprint density at radius 1 is 1.18 bits per heavy atom. The fourth-order valence-electron chi connectivity index (χ4n) is 2.52. The number of aryl methyl sites for hydroxylation is 1. The lowest BCUT2D eigenvalue weighted by Crippen LogP contribution is -2.16. The summed E-state index contributed by atoms with van der Waals surface area (Å²) in [4.78, 5) is 0. The van der Waals surface area contributed by atoms with Gasteiger partial charge in [-0.05, 0) is 54.9 Å². The summed E-state index contributed by atoms with van der Waals surface area (Å²) in [6, 6.07) is 6.10. The lowest BCUT2D eigenvalue weighted by molar-refractivity contribution is 0.387. The molecular weight excluding hydrogens is 230 g/mol. The van der Waals surface area contributed by atoms with E-state index in [9.17, 15) is 0 Å². The van der Waals surface area contributed by atoms with Gasteiger partial charge in [0.05, 0.1) is 0 Å². The summed E-state index contributed by atoms with van der Waals surface area (Å²) in [5, 5.41) is 0.786. The minimum atomic E-state index is 0.126.